The van der Waals surface area contributed by atoms with Crippen LogP contribution in [-0.4, -0.2) is 59.1 Å². The van der Waals surface area contributed by atoms with Crippen molar-refractivity contribution < 1.29 is 14.6 Å². The minimum Gasteiger partial charge on any atom is -0.368 e. The molecule has 210 valence electrons. The van der Waals surface area contributed by atoms with Gasteiger partial charge in [0.2, 0.25) is 0 Å². The van der Waals surface area contributed by atoms with Gasteiger partial charge in [0.15, 0.2) is 17.9 Å². The standard InChI is InChI=1S/C28H30Cl2FN7O2/c1-16-11-23(37-36-16)35-22-12-19(26-32-8-4-9-33-26)24(30)21(34-22)14-28(27(39)40)7-10-38(17(2)13-28)15-18-5-3-6-20(29)25(18)31/h3-6,8-9,11-12,17,27,39-40H,7,10,13-15H2,1-2H3,(H2,34,35,36,37)/t17-,28-/m1/s1. The number of hydrogen-bond donors (Lipinski definition) is 4. The largest absolute Gasteiger partial charge is 0.368 e. The van der Waals surface area contributed by atoms with Gasteiger partial charge in [0.25, 0.3) is 0 Å². The number of aliphatic hydroxyl groups excluding tert-OH is 1. The van der Waals surface area contributed by atoms with Crippen molar-refractivity contribution in [2.45, 2.75) is 52.0 Å². The summed E-state index contributed by atoms with van der Waals surface area (Å²) in [4.78, 5) is 15.6. The Bertz CT molecular complexity index is 1490. The van der Waals surface area contributed by atoms with E-state index in [-0.39, 0.29) is 17.5 Å². The number of halogens is 3. The predicted molar refractivity (Wildman–Crippen MR) is 152 cm³/mol. The lowest BCUT2D eigenvalue weighted by molar-refractivity contribution is -0.162. The van der Waals surface area contributed by atoms with Gasteiger partial charge in [-0.1, -0.05) is 35.3 Å². The van der Waals surface area contributed by atoms with Crippen LogP contribution in [0.15, 0.2) is 48.8 Å². The molecule has 2 atom stereocenters. The van der Waals surface area contributed by atoms with Gasteiger partial charge < -0.3 is 15.5 Å². The van der Waals surface area contributed by atoms with Crippen molar-refractivity contribution in [2.75, 3.05) is 11.9 Å². The summed E-state index contributed by atoms with van der Waals surface area (Å²) in [6.07, 6.45) is 2.69. The molecular weight excluding hydrogens is 556 g/mol. The highest BCUT2D eigenvalue weighted by Gasteiger charge is 2.44. The number of nitrogens with one attached hydrogen (secondary N) is 2. The molecule has 0 radical (unpaired) electrons. The molecule has 0 amide bonds. The predicted octanol–water partition coefficient (Wildman–Crippen LogP) is 5.28. The summed E-state index contributed by atoms with van der Waals surface area (Å²) in [6, 6.07) is 10.2. The van der Waals surface area contributed by atoms with Crippen molar-refractivity contribution >= 4 is 34.8 Å². The maximum Gasteiger partial charge on any atom is 0.160 e. The molecule has 3 aromatic heterocycles. The van der Waals surface area contributed by atoms with E-state index in [9.17, 15) is 14.6 Å². The minimum absolute atomic E-state index is 0.0831. The number of pyridine rings is 1. The quantitative estimate of drug-likeness (QED) is 0.206. The third-order valence-corrected chi connectivity index (χ3v) is 8.20. The molecule has 5 rings (SSSR count). The molecule has 1 aliphatic rings. The Labute approximate surface area is 241 Å². The average molecular weight is 586 g/mol. The van der Waals surface area contributed by atoms with Crippen LogP contribution in [0.5, 0.6) is 0 Å². The third kappa shape index (κ3) is 5.96. The van der Waals surface area contributed by atoms with Gasteiger partial charge in [-0.2, -0.15) is 5.10 Å². The van der Waals surface area contributed by atoms with Crippen molar-refractivity contribution in [3.8, 4) is 11.4 Å². The Hall–Kier alpha value is -3.15. The van der Waals surface area contributed by atoms with Crippen LogP contribution in [0.2, 0.25) is 10.0 Å². The fourth-order valence-electron chi connectivity index (χ4n) is 5.33. The van der Waals surface area contributed by atoms with Crippen LogP contribution in [0.4, 0.5) is 16.0 Å². The fourth-order valence-corrected chi connectivity index (χ4v) is 5.77. The Morgan fingerprint density at radius 3 is 2.62 bits per heavy atom. The van der Waals surface area contributed by atoms with Gasteiger partial charge in [-0.25, -0.2) is 19.3 Å². The molecule has 1 aromatic carbocycles. The number of likely N-dealkylation sites (tertiary alicyclic amines) is 1. The number of aromatic amines is 1. The van der Waals surface area contributed by atoms with E-state index < -0.39 is 17.5 Å². The zero-order chi connectivity index (χ0) is 28.4. The molecule has 1 aliphatic heterocycles. The van der Waals surface area contributed by atoms with E-state index in [1.54, 1.807) is 36.7 Å². The molecule has 0 saturated carbocycles. The Morgan fingerprint density at radius 1 is 1.18 bits per heavy atom. The number of piperidine rings is 1. The van der Waals surface area contributed by atoms with Gasteiger partial charge in [-0.3, -0.25) is 10.00 Å². The first kappa shape index (κ1) is 28.4. The maximum atomic E-state index is 14.6. The van der Waals surface area contributed by atoms with Gasteiger partial charge in [-0.15, -0.1) is 0 Å². The Balaban J connectivity index is 1.45. The SMILES string of the molecule is Cc1cc(Nc2cc(-c3ncccn3)c(Cl)c(C[C@@]3(C(O)O)CCN(Cc4cccc(Cl)c4F)[C@H](C)C3)n2)n[nH]1. The van der Waals surface area contributed by atoms with E-state index >= 15 is 0 Å². The number of rotatable bonds is 8. The number of H-pyrrole nitrogens is 1. The van der Waals surface area contributed by atoms with Crippen molar-refractivity contribution in [1.29, 1.82) is 0 Å². The van der Waals surface area contributed by atoms with Crippen LogP contribution in [0.1, 0.15) is 36.7 Å². The summed E-state index contributed by atoms with van der Waals surface area (Å²) >= 11 is 12.9. The normalized spacial score (nSPS) is 19.8. The number of nitrogens with zero attached hydrogens (tertiary/aromatic N) is 5. The third-order valence-electron chi connectivity index (χ3n) is 7.49. The van der Waals surface area contributed by atoms with Crippen LogP contribution < -0.4 is 5.32 Å². The molecule has 40 heavy (non-hydrogen) atoms. The second-order valence-electron chi connectivity index (χ2n) is 10.3. The average Bonchev–Trinajstić information content (AvgIpc) is 3.34. The van der Waals surface area contributed by atoms with E-state index in [1.165, 1.54) is 6.07 Å². The first-order chi connectivity index (χ1) is 19.1. The van der Waals surface area contributed by atoms with Crippen molar-refractivity contribution in [3.05, 3.63) is 81.6 Å². The molecule has 4 aromatic rings. The topological polar surface area (TPSA) is 123 Å². The molecule has 0 spiro atoms. The van der Waals surface area contributed by atoms with Gasteiger partial charge in [0.05, 0.1) is 15.7 Å². The second kappa shape index (κ2) is 11.8. The van der Waals surface area contributed by atoms with E-state index in [4.69, 9.17) is 28.2 Å². The number of anilines is 2. The van der Waals surface area contributed by atoms with Crippen LogP contribution in [0, 0.1) is 18.2 Å². The fraction of sp³-hybridized carbons (Fsp3) is 0.357. The number of hydrogen-bond acceptors (Lipinski definition) is 8. The minimum atomic E-state index is -1.63. The lowest BCUT2D eigenvalue weighted by atomic mass is 9.71. The molecule has 1 fully saturated rings. The highest BCUT2D eigenvalue weighted by molar-refractivity contribution is 6.34. The van der Waals surface area contributed by atoms with Crippen LogP contribution >= 0.6 is 23.2 Å². The summed E-state index contributed by atoms with van der Waals surface area (Å²) in [5.41, 5.74) is 1.49. The zero-order valence-electron chi connectivity index (χ0n) is 22.1. The molecule has 4 heterocycles. The van der Waals surface area contributed by atoms with Gasteiger partial charge >= 0.3 is 0 Å². The van der Waals surface area contributed by atoms with E-state index in [1.807, 2.05) is 19.9 Å². The molecule has 1 saturated heterocycles. The van der Waals surface area contributed by atoms with Crippen LogP contribution in [-0.2, 0) is 13.0 Å². The number of aliphatic hydroxyl groups is 2. The molecule has 0 aliphatic carbocycles. The molecule has 12 heteroatoms. The number of benzene rings is 1. The van der Waals surface area contributed by atoms with Crippen LogP contribution in [0.3, 0.4) is 0 Å². The van der Waals surface area contributed by atoms with E-state index in [0.29, 0.717) is 65.2 Å². The van der Waals surface area contributed by atoms with Crippen LogP contribution in [0.25, 0.3) is 11.4 Å². The molecule has 9 nitrogen and oxygen atoms in total. The van der Waals surface area contributed by atoms with Gasteiger partial charge in [0.1, 0.15) is 11.6 Å². The zero-order valence-corrected chi connectivity index (χ0v) is 23.6. The summed E-state index contributed by atoms with van der Waals surface area (Å²) in [6.45, 7) is 4.77. The number of aryl methyl sites for hydroxylation is 1. The lowest BCUT2D eigenvalue weighted by Crippen LogP contribution is -2.51. The van der Waals surface area contributed by atoms with Crippen molar-refractivity contribution in [1.82, 2.24) is 30.0 Å². The molecule has 0 bridgehead atoms. The molecule has 0 unspecified atom stereocenters. The van der Waals surface area contributed by atoms with Gasteiger partial charge in [-0.05, 0) is 51.4 Å². The highest BCUT2D eigenvalue weighted by Crippen LogP contribution is 2.43. The monoisotopic (exact) mass is 585 g/mol. The van der Waals surface area contributed by atoms with E-state index in [0.717, 1.165) is 5.69 Å². The smallest absolute Gasteiger partial charge is 0.160 e. The van der Waals surface area contributed by atoms with E-state index in [2.05, 4.69) is 30.4 Å². The van der Waals surface area contributed by atoms with Crippen molar-refractivity contribution in [3.63, 3.8) is 0 Å². The summed E-state index contributed by atoms with van der Waals surface area (Å²) < 4.78 is 14.6. The van der Waals surface area contributed by atoms with Crippen molar-refractivity contribution in [2.24, 2.45) is 5.41 Å². The lowest BCUT2D eigenvalue weighted by Gasteiger charge is -2.46. The highest BCUT2D eigenvalue weighted by atomic mass is 35.5. The summed E-state index contributed by atoms with van der Waals surface area (Å²) in [5, 5.41) is 32.1. The first-order valence-corrected chi connectivity index (χ1v) is 13.7. The first-order valence-electron chi connectivity index (χ1n) is 12.9. The molecular formula is C28H30Cl2FN7O2. The molecule has 4 N–H and O–H groups in total. The summed E-state index contributed by atoms with van der Waals surface area (Å²) in [5.74, 6) is 1.03. The van der Waals surface area contributed by atoms with Gasteiger partial charge in [0, 0.05) is 59.7 Å². The number of aromatic nitrogens is 5. The summed E-state index contributed by atoms with van der Waals surface area (Å²) in [7, 11) is 0. The second-order valence-corrected chi connectivity index (χ2v) is 11.1. The Kier molecular flexibility index (Phi) is 8.34. The maximum absolute atomic E-state index is 14.6. The Morgan fingerprint density at radius 2 is 1.95 bits per heavy atom.